The first-order valence-electron chi connectivity index (χ1n) is 4.19. The second-order valence-electron chi connectivity index (χ2n) is 3.24. The summed E-state index contributed by atoms with van der Waals surface area (Å²) < 4.78 is 1.15. The van der Waals surface area contributed by atoms with Gasteiger partial charge in [0.25, 0.3) is 0 Å². The molecule has 0 unspecified atom stereocenters. The fourth-order valence-corrected chi connectivity index (χ4v) is 2.44. The first kappa shape index (κ1) is 8.99. The van der Waals surface area contributed by atoms with Gasteiger partial charge in [0.15, 0.2) is 0 Å². The van der Waals surface area contributed by atoms with Crippen LogP contribution in [0.25, 0.3) is 0 Å². The summed E-state index contributed by atoms with van der Waals surface area (Å²) in [5.74, 6) is 0.494. The van der Waals surface area contributed by atoms with Crippen molar-refractivity contribution in [3.8, 4) is 5.75 Å². The Morgan fingerprint density at radius 2 is 2.00 bits per heavy atom. The molecule has 0 heterocycles. The smallest absolute Gasteiger partial charge is 0.137 e. The van der Waals surface area contributed by atoms with E-state index in [1.807, 2.05) is 6.07 Å². The molecule has 68 valence electrons. The Morgan fingerprint density at radius 3 is 2.77 bits per heavy atom. The van der Waals surface area contributed by atoms with E-state index in [4.69, 9.17) is 0 Å². The van der Waals surface area contributed by atoms with Crippen LogP contribution in [0.2, 0.25) is 0 Å². The Kier molecular flexibility index (Phi) is 2.27. The van der Waals surface area contributed by atoms with Crippen LogP contribution in [-0.2, 0) is 17.6 Å². The SMILES string of the molecule is O=C1CCc2c(I)ccc(O)c2C1. The van der Waals surface area contributed by atoms with Gasteiger partial charge in [0, 0.05) is 22.0 Å². The highest BCUT2D eigenvalue weighted by atomic mass is 127. The molecule has 0 saturated heterocycles. The monoisotopic (exact) mass is 288 g/mol. The Bertz CT molecular complexity index is 371. The molecule has 1 aliphatic carbocycles. The number of aromatic hydroxyl groups is 1. The summed E-state index contributed by atoms with van der Waals surface area (Å²) in [5.41, 5.74) is 1.99. The fourth-order valence-electron chi connectivity index (χ4n) is 1.67. The second kappa shape index (κ2) is 3.29. The normalized spacial score (nSPS) is 15.6. The van der Waals surface area contributed by atoms with Gasteiger partial charge in [-0.15, -0.1) is 0 Å². The molecule has 0 atom stereocenters. The van der Waals surface area contributed by atoms with Crippen LogP contribution in [0, 0.1) is 3.57 Å². The number of hydrogen-bond donors (Lipinski definition) is 1. The summed E-state index contributed by atoms with van der Waals surface area (Å²) >= 11 is 2.24. The zero-order valence-corrected chi connectivity index (χ0v) is 9.17. The zero-order valence-electron chi connectivity index (χ0n) is 7.01. The van der Waals surface area contributed by atoms with Crippen LogP contribution < -0.4 is 0 Å². The van der Waals surface area contributed by atoms with Crippen molar-refractivity contribution >= 4 is 28.4 Å². The molecule has 2 rings (SSSR count). The molecule has 0 radical (unpaired) electrons. The van der Waals surface area contributed by atoms with Crippen LogP contribution >= 0.6 is 22.6 Å². The van der Waals surface area contributed by atoms with Gasteiger partial charge in [-0.25, -0.2) is 0 Å². The maximum absolute atomic E-state index is 11.2. The van der Waals surface area contributed by atoms with Gasteiger partial charge < -0.3 is 5.11 Å². The molecule has 3 heteroatoms. The van der Waals surface area contributed by atoms with E-state index in [9.17, 15) is 9.90 Å². The van der Waals surface area contributed by atoms with Crippen LogP contribution in [0.3, 0.4) is 0 Å². The van der Waals surface area contributed by atoms with Crippen LogP contribution in [0.1, 0.15) is 17.5 Å². The quantitative estimate of drug-likeness (QED) is 0.742. The summed E-state index contributed by atoms with van der Waals surface area (Å²) in [6, 6.07) is 3.56. The molecule has 0 spiro atoms. The number of ketones is 1. The van der Waals surface area contributed by atoms with Crippen molar-refractivity contribution in [2.75, 3.05) is 0 Å². The predicted molar refractivity (Wildman–Crippen MR) is 57.9 cm³/mol. The van der Waals surface area contributed by atoms with E-state index in [0.717, 1.165) is 21.1 Å². The van der Waals surface area contributed by atoms with Crippen LogP contribution in [-0.4, -0.2) is 10.9 Å². The number of carbonyl (C=O) groups is 1. The molecule has 0 saturated carbocycles. The van der Waals surface area contributed by atoms with Gasteiger partial charge in [0.1, 0.15) is 11.5 Å². The number of phenols is 1. The van der Waals surface area contributed by atoms with Crippen molar-refractivity contribution in [1.29, 1.82) is 0 Å². The van der Waals surface area contributed by atoms with Gasteiger partial charge in [0.2, 0.25) is 0 Å². The van der Waals surface area contributed by atoms with Crippen molar-refractivity contribution in [1.82, 2.24) is 0 Å². The van der Waals surface area contributed by atoms with E-state index >= 15 is 0 Å². The van der Waals surface area contributed by atoms with E-state index in [1.54, 1.807) is 6.07 Å². The largest absolute Gasteiger partial charge is 0.508 e. The number of phenolic OH excluding ortho intramolecular Hbond substituents is 1. The summed E-state index contributed by atoms with van der Waals surface area (Å²) in [6.45, 7) is 0. The van der Waals surface area contributed by atoms with Gasteiger partial charge in [-0.2, -0.15) is 0 Å². The molecule has 0 bridgehead atoms. The lowest BCUT2D eigenvalue weighted by molar-refractivity contribution is -0.118. The third-order valence-electron chi connectivity index (χ3n) is 2.38. The number of fused-ring (bicyclic) bond motifs is 1. The molecule has 0 fully saturated rings. The molecule has 13 heavy (non-hydrogen) atoms. The Morgan fingerprint density at radius 1 is 1.23 bits per heavy atom. The van der Waals surface area contributed by atoms with E-state index < -0.39 is 0 Å². The first-order chi connectivity index (χ1) is 6.18. The van der Waals surface area contributed by atoms with Gasteiger partial charge in [-0.1, -0.05) is 0 Å². The van der Waals surface area contributed by atoms with Crippen LogP contribution in [0.5, 0.6) is 5.75 Å². The van der Waals surface area contributed by atoms with Crippen molar-refractivity contribution in [2.24, 2.45) is 0 Å². The average molecular weight is 288 g/mol. The molecule has 2 nitrogen and oxygen atoms in total. The van der Waals surface area contributed by atoms with Gasteiger partial charge >= 0.3 is 0 Å². The van der Waals surface area contributed by atoms with Gasteiger partial charge in [0.05, 0.1) is 0 Å². The highest BCUT2D eigenvalue weighted by Crippen LogP contribution is 2.30. The number of hydrogen-bond acceptors (Lipinski definition) is 2. The summed E-state index contributed by atoms with van der Waals surface area (Å²) in [6.07, 6.45) is 1.80. The highest BCUT2D eigenvalue weighted by molar-refractivity contribution is 14.1. The molecule has 1 aliphatic rings. The lowest BCUT2D eigenvalue weighted by Crippen LogP contribution is -2.14. The number of rotatable bonds is 0. The maximum Gasteiger partial charge on any atom is 0.137 e. The van der Waals surface area contributed by atoms with Crippen molar-refractivity contribution in [2.45, 2.75) is 19.3 Å². The Hall–Kier alpha value is -0.580. The fraction of sp³-hybridized carbons (Fsp3) is 0.300. The highest BCUT2D eigenvalue weighted by Gasteiger charge is 2.20. The molecule has 0 aromatic heterocycles. The Labute approximate surface area is 90.1 Å². The lowest BCUT2D eigenvalue weighted by atomic mass is 9.90. The first-order valence-corrected chi connectivity index (χ1v) is 5.27. The standard InChI is InChI=1S/C10H9IO2/c11-9-3-4-10(13)8-5-6(12)1-2-7(8)9/h3-4,13H,1-2,5H2. The van der Waals surface area contributed by atoms with Gasteiger partial charge in [-0.05, 0) is 46.7 Å². The number of benzene rings is 1. The van der Waals surface area contributed by atoms with Crippen LogP contribution in [0.4, 0.5) is 0 Å². The van der Waals surface area contributed by atoms with E-state index in [1.165, 1.54) is 0 Å². The lowest BCUT2D eigenvalue weighted by Gasteiger charge is -2.17. The molecular weight excluding hydrogens is 279 g/mol. The van der Waals surface area contributed by atoms with Crippen LogP contribution in [0.15, 0.2) is 12.1 Å². The minimum atomic E-state index is 0.227. The molecule has 1 aromatic rings. The summed E-state index contributed by atoms with van der Waals surface area (Å²) in [5, 5.41) is 9.54. The Balaban J connectivity index is 2.57. The van der Waals surface area contributed by atoms with Gasteiger partial charge in [-0.3, -0.25) is 4.79 Å². The number of halogens is 1. The third-order valence-corrected chi connectivity index (χ3v) is 3.39. The van der Waals surface area contributed by atoms with Crippen molar-refractivity contribution in [3.63, 3.8) is 0 Å². The molecule has 0 aliphatic heterocycles. The maximum atomic E-state index is 11.2. The average Bonchev–Trinajstić information content (AvgIpc) is 2.12. The molecular formula is C10H9IO2. The molecule has 1 aromatic carbocycles. The summed E-state index contributed by atoms with van der Waals surface area (Å²) in [4.78, 5) is 11.2. The van der Waals surface area contributed by atoms with Crippen molar-refractivity contribution in [3.05, 3.63) is 26.8 Å². The molecule has 1 N–H and O–H groups in total. The number of Topliss-reactive ketones (excluding diaryl/α,β-unsaturated/α-hetero) is 1. The third kappa shape index (κ3) is 1.57. The second-order valence-corrected chi connectivity index (χ2v) is 4.40. The minimum Gasteiger partial charge on any atom is -0.508 e. The van der Waals surface area contributed by atoms with Crippen molar-refractivity contribution < 1.29 is 9.90 Å². The topological polar surface area (TPSA) is 37.3 Å². The van der Waals surface area contributed by atoms with E-state index in [-0.39, 0.29) is 11.5 Å². The van der Waals surface area contributed by atoms with E-state index in [0.29, 0.717) is 12.8 Å². The zero-order chi connectivity index (χ0) is 9.42. The summed E-state index contributed by atoms with van der Waals surface area (Å²) in [7, 11) is 0. The predicted octanol–water partition coefficient (Wildman–Crippen LogP) is 2.05. The molecule has 0 amide bonds. The minimum absolute atomic E-state index is 0.227. The number of carbonyl (C=O) groups excluding carboxylic acids is 1. The van der Waals surface area contributed by atoms with E-state index in [2.05, 4.69) is 22.6 Å².